The first-order chi connectivity index (χ1) is 21.2. The SMILES string of the molecule is CC(C)(C)OC(=O)N1CCC(n2ncc3c(N4CCOCC4)nc(-c4ccc(NC(=O)Nc5ccccc5)cc4)nc32)CC1. The third-order valence-electron chi connectivity index (χ3n) is 7.64. The van der Waals surface area contributed by atoms with Crippen LogP contribution in [-0.4, -0.2) is 81.8 Å². The van der Waals surface area contributed by atoms with Crippen LogP contribution < -0.4 is 15.5 Å². The molecule has 0 radical (unpaired) electrons. The number of amides is 3. The number of likely N-dealkylation sites (tertiary alicyclic amines) is 1. The molecule has 0 saturated carbocycles. The minimum atomic E-state index is -0.530. The minimum absolute atomic E-state index is 0.0844. The second-order valence-electron chi connectivity index (χ2n) is 12.0. The molecule has 2 aliphatic rings. The summed E-state index contributed by atoms with van der Waals surface area (Å²) in [6, 6.07) is 16.5. The van der Waals surface area contributed by atoms with Crippen molar-refractivity contribution in [2.75, 3.05) is 54.9 Å². The highest BCUT2D eigenvalue weighted by molar-refractivity contribution is 5.99. The molecule has 230 valence electrons. The number of urea groups is 1. The van der Waals surface area contributed by atoms with Crippen molar-refractivity contribution < 1.29 is 19.1 Å². The van der Waals surface area contributed by atoms with Gasteiger partial charge < -0.3 is 29.9 Å². The fraction of sp³-hybridized carbons (Fsp3) is 0.406. The van der Waals surface area contributed by atoms with Crippen molar-refractivity contribution in [3.05, 3.63) is 60.8 Å². The van der Waals surface area contributed by atoms with Gasteiger partial charge in [0.25, 0.3) is 0 Å². The average molecular weight is 599 g/mol. The summed E-state index contributed by atoms with van der Waals surface area (Å²) in [6.07, 6.45) is 3.06. The Kier molecular flexibility index (Phi) is 8.34. The highest BCUT2D eigenvalue weighted by Gasteiger charge is 2.30. The Morgan fingerprint density at radius 2 is 1.55 bits per heavy atom. The van der Waals surface area contributed by atoms with Gasteiger partial charge in [-0.25, -0.2) is 24.2 Å². The molecule has 12 nitrogen and oxygen atoms in total. The number of nitrogens with one attached hydrogen (secondary N) is 2. The number of aromatic nitrogens is 4. The maximum Gasteiger partial charge on any atom is 0.410 e. The highest BCUT2D eigenvalue weighted by atomic mass is 16.6. The van der Waals surface area contributed by atoms with Gasteiger partial charge in [-0.15, -0.1) is 0 Å². The van der Waals surface area contributed by atoms with E-state index in [0.29, 0.717) is 43.5 Å². The van der Waals surface area contributed by atoms with Crippen LogP contribution in [0.15, 0.2) is 60.8 Å². The van der Waals surface area contributed by atoms with Crippen LogP contribution in [0, 0.1) is 0 Å². The van der Waals surface area contributed by atoms with E-state index in [1.807, 2.05) is 86.2 Å². The molecule has 3 amide bonds. The van der Waals surface area contributed by atoms with E-state index >= 15 is 0 Å². The molecule has 0 aliphatic carbocycles. The van der Waals surface area contributed by atoms with Gasteiger partial charge in [0.05, 0.1) is 30.8 Å². The highest BCUT2D eigenvalue weighted by Crippen LogP contribution is 2.32. The van der Waals surface area contributed by atoms with Gasteiger partial charge in [0.2, 0.25) is 0 Å². The molecule has 0 atom stereocenters. The van der Waals surface area contributed by atoms with Gasteiger partial charge in [-0.2, -0.15) is 5.10 Å². The van der Waals surface area contributed by atoms with Crippen molar-refractivity contribution in [3.63, 3.8) is 0 Å². The monoisotopic (exact) mass is 598 g/mol. The number of morpholine rings is 1. The van der Waals surface area contributed by atoms with E-state index in [0.717, 1.165) is 48.3 Å². The summed E-state index contributed by atoms with van der Waals surface area (Å²) in [7, 11) is 0. The van der Waals surface area contributed by atoms with Crippen LogP contribution in [0.4, 0.5) is 26.8 Å². The van der Waals surface area contributed by atoms with Crippen molar-refractivity contribution in [3.8, 4) is 11.4 Å². The Morgan fingerprint density at radius 1 is 0.886 bits per heavy atom. The number of ether oxygens (including phenoxy) is 2. The Morgan fingerprint density at radius 3 is 2.20 bits per heavy atom. The summed E-state index contributed by atoms with van der Waals surface area (Å²) in [5.41, 5.74) is 2.42. The lowest BCUT2D eigenvalue weighted by molar-refractivity contribution is 0.0186. The normalized spacial score (nSPS) is 16.2. The molecule has 0 spiro atoms. The Hall–Kier alpha value is -4.71. The number of para-hydroxylation sites is 1. The van der Waals surface area contributed by atoms with Crippen LogP contribution in [0.1, 0.15) is 39.7 Å². The number of nitrogens with zero attached hydrogens (tertiary/aromatic N) is 6. The molecule has 2 N–H and O–H groups in total. The molecule has 0 bridgehead atoms. The van der Waals surface area contributed by atoms with Gasteiger partial charge in [0.1, 0.15) is 11.4 Å². The number of carbonyl (C=O) groups is 2. The first-order valence-corrected chi connectivity index (χ1v) is 15.0. The lowest BCUT2D eigenvalue weighted by atomic mass is 10.1. The Bertz CT molecular complexity index is 1600. The van der Waals surface area contributed by atoms with Crippen LogP contribution in [0.3, 0.4) is 0 Å². The second-order valence-corrected chi connectivity index (χ2v) is 12.0. The van der Waals surface area contributed by atoms with Crippen molar-refractivity contribution >= 4 is 40.4 Å². The van der Waals surface area contributed by atoms with Gasteiger partial charge >= 0.3 is 12.1 Å². The number of hydrogen-bond donors (Lipinski definition) is 2. The summed E-state index contributed by atoms with van der Waals surface area (Å²) in [5, 5.41) is 11.4. The lowest BCUT2D eigenvalue weighted by Gasteiger charge is -2.33. The molecule has 12 heteroatoms. The smallest absolute Gasteiger partial charge is 0.410 e. The van der Waals surface area contributed by atoms with Crippen LogP contribution in [0.25, 0.3) is 22.4 Å². The first-order valence-electron chi connectivity index (χ1n) is 15.0. The third kappa shape index (κ3) is 6.75. The summed E-state index contributed by atoms with van der Waals surface area (Å²) >= 11 is 0. The van der Waals surface area contributed by atoms with Gasteiger partial charge in [0.15, 0.2) is 11.5 Å². The molecule has 2 fully saturated rings. The standard InChI is InChI=1S/C32H38N8O4/c1-32(2,3)44-31(42)39-15-13-25(14-16-39)40-29-26(21-33-40)28(38-17-19-43-20-18-38)36-27(37-29)22-9-11-24(12-10-22)35-30(41)34-23-7-5-4-6-8-23/h4-12,21,25H,13-20H2,1-3H3,(H2,34,35,41). The van der Waals surface area contributed by atoms with E-state index in [9.17, 15) is 9.59 Å². The Labute approximate surface area is 256 Å². The lowest BCUT2D eigenvalue weighted by Crippen LogP contribution is -2.42. The quantitative estimate of drug-likeness (QED) is 0.306. The number of piperidine rings is 1. The summed E-state index contributed by atoms with van der Waals surface area (Å²) in [5.74, 6) is 1.41. The van der Waals surface area contributed by atoms with Gasteiger partial charge in [-0.3, -0.25) is 0 Å². The third-order valence-corrected chi connectivity index (χ3v) is 7.64. The van der Waals surface area contributed by atoms with Crippen molar-refractivity contribution in [1.82, 2.24) is 24.6 Å². The molecule has 0 unspecified atom stereocenters. The molecule has 6 rings (SSSR count). The molecule has 2 aromatic carbocycles. The van der Waals surface area contributed by atoms with E-state index in [-0.39, 0.29) is 18.2 Å². The zero-order valence-corrected chi connectivity index (χ0v) is 25.3. The number of rotatable bonds is 5. The number of hydrogen-bond acceptors (Lipinski definition) is 8. The summed E-state index contributed by atoms with van der Waals surface area (Å²) < 4.78 is 13.2. The topological polar surface area (TPSA) is 127 Å². The van der Waals surface area contributed by atoms with Crippen molar-refractivity contribution in [2.24, 2.45) is 0 Å². The van der Waals surface area contributed by atoms with Gasteiger partial charge in [-0.05, 0) is 70.0 Å². The number of anilines is 3. The van der Waals surface area contributed by atoms with E-state index < -0.39 is 5.60 Å². The molecule has 2 aliphatic heterocycles. The van der Waals surface area contributed by atoms with Crippen LogP contribution in [-0.2, 0) is 9.47 Å². The fourth-order valence-electron chi connectivity index (χ4n) is 5.46. The maximum atomic E-state index is 12.6. The zero-order valence-electron chi connectivity index (χ0n) is 25.3. The largest absolute Gasteiger partial charge is 0.444 e. The van der Waals surface area contributed by atoms with E-state index in [1.165, 1.54) is 0 Å². The maximum absolute atomic E-state index is 12.6. The number of carbonyl (C=O) groups excluding carboxylic acids is 2. The molecule has 4 heterocycles. The Balaban J connectivity index is 1.24. The van der Waals surface area contributed by atoms with E-state index in [1.54, 1.807) is 4.90 Å². The number of benzene rings is 2. The van der Waals surface area contributed by atoms with Crippen LogP contribution in [0.2, 0.25) is 0 Å². The van der Waals surface area contributed by atoms with Crippen LogP contribution >= 0.6 is 0 Å². The zero-order chi connectivity index (χ0) is 30.7. The molecule has 2 aromatic heterocycles. The van der Waals surface area contributed by atoms with Gasteiger partial charge in [-0.1, -0.05) is 18.2 Å². The molecular weight excluding hydrogens is 560 g/mol. The molecule has 44 heavy (non-hydrogen) atoms. The van der Waals surface area contributed by atoms with Crippen LogP contribution in [0.5, 0.6) is 0 Å². The number of fused-ring (bicyclic) bond motifs is 1. The first kappa shape index (κ1) is 29.4. The summed E-state index contributed by atoms with van der Waals surface area (Å²) in [6.45, 7) is 9.52. The average Bonchev–Trinajstić information content (AvgIpc) is 3.45. The fourth-order valence-corrected chi connectivity index (χ4v) is 5.46. The van der Waals surface area contributed by atoms with E-state index in [4.69, 9.17) is 24.5 Å². The predicted octanol–water partition coefficient (Wildman–Crippen LogP) is 5.55. The second kappa shape index (κ2) is 12.5. The molecule has 4 aromatic rings. The minimum Gasteiger partial charge on any atom is -0.444 e. The van der Waals surface area contributed by atoms with Crippen molar-refractivity contribution in [1.29, 1.82) is 0 Å². The van der Waals surface area contributed by atoms with Gasteiger partial charge in [0, 0.05) is 43.1 Å². The summed E-state index contributed by atoms with van der Waals surface area (Å²) in [4.78, 5) is 39.1. The molecule has 2 saturated heterocycles. The predicted molar refractivity (Wildman–Crippen MR) is 169 cm³/mol. The van der Waals surface area contributed by atoms with E-state index in [2.05, 4.69) is 15.5 Å². The van der Waals surface area contributed by atoms with Crippen molar-refractivity contribution in [2.45, 2.75) is 45.3 Å². The molecular formula is C32H38N8O4.